The Kier molecular flexibility index (Phi) is 4.61. The number of rotatable bonds is 5. The lowest BCUT2D eigenvalue weighted by Gasteiger charge is -2.35. The Hall–Kier alpha value is -1.69. The van der Waals surface area contributed by atoms with Gasteiger partial charge in [0.15, 0.2) is 11.5 Å². The number of carbonyl (C=O) groups is 1. The number of amides is 1. The third-order valence-electron chi connectivity index (χ3n) is 2.97. The van der Waals surface area contributed by atoms with Crippen LogP contribution in [0.5, 0.6) is 0 Å². The van der Waals surface area contributed by atoms with Gasteiger partial charge in [0.1, 0.15) is 0 Å². The molecule has 0 bridgehead atoms. The molecule has 100 valence electrons. The molecule has 1 amide bonds. The van der Waals surface area contributed by atoms with Gasteiger partial charge in [0, 0.05) is 25.7 Å². The van der Waals surface area contributed by atoms with Crippen LogP contribution in [0.2, 0.25) is 0 Å². The van der Waals surface area contributed by atoms with Gasteiger partial charge in [0.05, 0.1) is 0 Å². The van der Waals surface area contributed by atoms with E-state index in [2.05, 4.69) is 15.5 Å². The number of hydrogen-bond acceptors (Lipinski definition) is 5. The molecule has 0 saturated carbocycles. The zero-order valence-electron chi connectivity index (χ0n) is 11.4. The summed E-state index contributed by atoms with van der Waals surface area (Å²) in [7, 11) is 1.91. The molecule has 0 radical (unpaired) electrons. The van der Waals surface area contributed by atoms with Gasteiger partial charge in [-0.1, -0.05) is 0 Å². The lowest BCUT2D eigenvalue weighted by Crippen LogP contribution is -2.47. The van der Waals surface area contributed by atoms with Crippen LogP contribution in [0.15, 0.2) is 12.1 Å². The van der Waals surface area contributed by atoms with Crippen LogP contribution < -0.4 is 16.0 Å². The summed E-state index contributed by atoms with van der Waals surface area (Å²) in [6.45, 7) is 6.97. The van der Waals surface area contributed by atoms with Gasteiger partial charge >= 0.3 is 0 Å². The average Bonchev–Trinajstić information content (AvgIpc) is 2.38. The summed E-state index contributed by atoms with van der Waals surface area (Å²) in [5.74, 6) is 0.482. The second-order valence-electron chi connectivity index (χ2n) is 4.71. The van der Waals surface area contributed by atoms with E-state index in [1.165, 1.54) is 0 Å². The number of nitrogens with zero attached hydrogens (tertiary/aromatic N) is 3. The molecule has 0 aliphatic carbocycles. The summed E-state index contributed by atoms with van der Waals surface area (Å²) < 4.78 is 0. The van der Waals surface area contributed by atoms with E-state index in [0.717, 1.165) is 0 Å². The minimum absolute atomic E-state index is 0.206. The van der Waals surface area contributed by atoms with Crippen molar-refractivity contribution < 1.29 is 4.79 Å². The zero-order valence-corrected chi connectivity index (χ0v) is 11.4. The van der Waals surface area contributed by atoms with Crippen LogP contribution in [0.4, 0.5) is 5.82 Å². The summed E-state index contributed by atoms with van der Waals surface area (Å²) in [6.07, 6.45) is 0. The number of nitrogens with two attached hydrogens (primary N) is 1. The van der Waals surface area contributed by atoms with Crippen molar-refractivity contribution in [2.24, 2.45) is 5.73 Å². The zero-order chi connectivity index (χ0) is 13.8. The van der Waals surface area contributed by atoms with Gasteiger partial charge in [-0.15, -0.1) is 10.2 Å². The quantitative estimate of drug-likeness (QED) is 0.791. The van der Waals surface area contributed by atoms with Crippen molar-refractivity contribution in [2.45, 2.75) is 26.3 Å². The molecular weight excluding hydrogens is 230 g/mol. The van der Waals surface area contributed by atoms with Crippen molar-refractivity contribution in [2.75, 3.05) is 25.0 Å². The second-order valence-corrected chi connectivity index (χ2v) is 4.71. The van der Waals surface area contributed by atoms with Gasteiger partial charge in [0.2, 0.25) is 0 Å². The number of aromatic nitrogens is 2. The van der Waals surface area contributed by atoms with E-state index in [1.54, 1.807) is 12.1 Å². The van der Waals surface area contributed by atoms with E-state index in [4.69, 9.17) is 5.73 Å². The summed E-state index contributed by atoms with van der Waals surface area (Å²) in [6, 6.07) is 3.44. The second kappa shape index (κ2) is 5.77. The number of nitrogens with one attached hydrogen (secondary N) is 1. The largest absolute Gasteiger partial charge is 0.352 e. The molecule has 0 unspecified atom stereocenters. The predicted octanol–water partition coefficient (Wildman–Crippen LogP) is 0.400. The number of likely N-dealkylation sites (N-methyl/N-ethyl adjacent to an activating group) is 1. The Morgan fingerprint density at radius 2 is 2.11 bits per heavy atom. The van der Waals surface area contributed by atoms with Crippen LogP contribution >= 0.6 is 0 Å². The van der Waals surface area contributed by atoms with E-state index in [1.807, 2.05) is 32.7 Å². The van der Waals surface area contributed by atoms with Gasteiger partial charge in [-0.25, -0.2) is 0 Å². The predicted molar refractivity (Wildman–Crippen MR) is 71.6 cm³/mol. The fourth-order valence-electron chi connectivity index (χ4n) is 1.32. The first-order valence-electron chi connectivity index (χ1n) is 5.98. The third-order valence-corrected chi connectivity index (χ3v) is 2.97. The molecule has 0 aromatic carbocycles. The van der Waals surface area contributed by atoms with Gasteiger partial charge in [-0.3, -0.25) is 4.79 Å². The van der Waals surface area contributed by atoms with E-state index < -0.39 is 0 Å². The van der Waals surface area contributed by atoms with Gasteiger partial charge in [0.25, 0.3) is 5.91 Å². The Labute approximate surface area is 108 Å². The highest BCUT2D eigenvalue weighted by Gasteiger charge is 2.23. The molecule has 3 N–H and O–H groups in total. The van der Waals surface area contributed by atoms with Crippen LogP contribution in [0.1, 0.15) is 31.3 Å². The van der Waals surface area contributed by atoms with Crippen molar-refractivity contribution >= 4 is 11.7 Å². The maximum atomic E-state index is 11.5. The van der Waals surface area contributed by atoms with E-state index in [0.29, 0.717) is 24.6 Å². The molecule has 1 aromatic rings. The van der Waals surface area contributed by atoms with Crippen molar-refractivity contribution in [3.63, 3.8) is 0 Å². The van der Waals surface area contributed by atoms with Gasteiger partial charge in [-0.05, 0) is 32.9 Å². The highest BCUT2D eigenvalue weighted by Crippen LogP contribution is 2.18. The monoisotopic (exact) mass is 251 g/mol. The van der Waals surface area contributed by atoms with Crippen molar-refractivity contribution in [1.82, 2.24) is 15.5 Å². The summed E-state index contributed by atoms with van der Waals surface area (Å²) >= 11 is 0. The normalized spacial score (nSPS) is 11.2. The summed E-state index contributed by atoms with van der Waals surface area (Å²) in [5.41, 5.74) is 5.82. The fourth-order valence-corrected chi connectivity index (χ4v) is 1.32. The Morgan fingerprint density at radius 3 is 2.56 bits per heavy atom. The van der Waals surface area contributed by atoms with Crippen LogP contribution in [0.3, 0.4) is 0 Å². The molecule has 0 aliphatic rings. The van der Waals surface area contributed by atoms with E-state index >= 15 is 0 Å². The number of carbonyl (C=O) groups excluding carboxylic acids is 1. The molecule has 0 atom stereocenters. The fraction of sp³-hybridized carbons (Fsp3) is 0.583. The molecule has 1 aromatic heterocycles. The van der Waals surface area contributed by atoms with Crippen molar-refractivity contribution in [3.05, 3.63) is 17.8 Å². The van der Waals surface area contributed by atoms with E-state index in [9.17, 15) is 4.79 Å². The topological polar surface area (TPSA) is 84.1 Å². The van der Waals surface area contributed by atoms with Crippen molar-refractivity contribution in [1.29, 1.82) is 0 Å². The first-order valence-corrected chi connectivity index (χ1v) is 5.98. The molecule has 0 aliphatic heterocycles. The maximum absolute atomic E-state index is 11.5. The Balaban J connectivity index is 2.86. The molecule has 6 heteroatoms. The first-order chi connectivity index (χ1) is 8.42. The molecule has 0 saturated heterocycles. The standard InChI is InChI=1S/C12H21N5O/c1-5-14-11(18)9-6-7-10(16-15-9)17(4)12(2,3)8-13/h6-7H,5,8,13H2,1-4H3,(H,14,18). The van der Waals surface area contributed by atoms with Crippen LogP contribution in [0, 0.1) is 0 Å². The van der Waals surface area contributed by atoms with Crippen LogP contribution in [-0.4, -0.2) is 41.8 Å². The molecule has 0 fully saturated rings. The van der Waals surface area contributed by atoms with E-state index in [-0.39, 0.29) is 11.4 Å². The van der Waals surface area contributed by atoms with Gasteiger partial charge in [-0.2, -0.15) is 0 Å². The average molecular weight is 251 g/mol. The van der Waals surface area contributed by atoms with Crippen LogP contribution in [-0.2, 0) is 0 Å². The minimum atomic E-state index is -0.211. The number of anilines is 1. The highest BCUT2D eigenvalue weighted by atomic mass is 16.1. The number of hydrogen-bond donors (Lipinski definition) is 2. The smallest absolute Gasteiger partial charge is 0.271 e. The lowest BCUT2D eigenvalue weighted by molar-refractivity contribution is 0.0950. The maximum Gasteiger partial charge on any atom is 0.271 e. The molecule has 1 heterocycles. The summed E-state index contributed by atoms with van der Waals surface area (Å²) in [4.78, 5) is 13.5. The van der Waals surface area contributed by atoms with Crippen molar-refractivity contribution in [3.8, 4) is 0 Å². The molecular formula is C12H21N5O. The molecule has 1 rings (SSSR count). The highest BCUT2D eigenvalue weighted by molar-refractivity contribution is 5.92. The lowest BCUT2D eigenvalue weighted by atomic mass is 10.0. The molecule has 6 nitrogen and oxygen atoms in total. The van der Waals surface area contributed by atoms with Gasteiger partial charge < -0.3 is 16.0 Å². The SMILES string of the molecule is CCNC(=O)c1ccc(N(C)C(C)(C)CN)nn1. The van der Waals surface area contributed by atoms with Crippen LogP contribution in [0.25, 0.3) is 0 Å². The molecule has 0 spiro atoms. The Bertz CT molecular complexity index is 401. The first kappa shape index (κ1) is 14.4. The molecule has 18 heavy (non-hydrogen) atoms. The Morgan fingerprint density at radius 1 is 1.44 bits per heavy atom. The summed E-state index contributed by atoms with van der Waals surface area (Å²) in [5, 5.41) is 10.7. The minimum Gasteiger partial charge on any atom is -0.352 e. The third kappa shape index (κ3) is 3.16.